The predicted molar refractivity (Wildman–Crippen MR) is 68.3 cm³/mol. The van der Waals surface area contributed by atoms with Crippen molar-refractivity contribution in [2.45, 2.75) is 50.2 Å². The van der Waals surface area contributed by atoms with E-state index in [-0.39, 0.29) is 38.1 Å². The second-order valence-corrected chi connectivity index (χ2v) is 5.46. The van der Waals surface area contributed by atoms with Gasteiger partial charge in [-0.15, -0.1) is 0 Å². The van der Waals surface area contributed by atoms with Gasteiger partial charge in [0.15, 0.2) is 0 Å². The van der Waals surface area contributed by atoms with E-state index in [0.717, 1.165) is 0 Å². The number of alkyl halides is 2. The molecule has 2 rings (SSSR count). The second kappa shape index (κ2) is 5.47. The Bertz CT molecular complexity index is 452. The molecule has 20 heavy (non-hydrogen) atoms. The third-order valence-electron chi connectivity index (χ3n) is 3.81. The third kappa shape index (κ3) is 3.53. The lowest BCUT2D eigenvalue weighted by Crippen LogP contribution is -2.48. The van der Waals surface area contributed by atoms with E-state index in [0.29, 0.717) is 0 Å². The normalized spacial score (nSPS) is 22.2. The molecule has 0 aliphatic heterocycles. The Morgan fingerprint density at radius 2 is 2.10 bits per heavy atom. The summed E-state index contributed by atoms with van der Waals surface area (Å²) in [6, 6.07) is 1.21. The van der Waals surface area contributed by atoms with Crippen LogP contribution in [0, 0.1) is 0 Å². The molecule has 1 aliphatic rings. The first-order valence-corrected chi connectivity index (χ1v) is 6.68. The third-order valence-corrected chi connectivity index (χ3v) is 3.81. The Kier molecular flexibility index (Phi) is 4.08. The van der Waals surface area contributed by atoms with Gasteiger partial charge in [-0.25, -0.2) is 8.78 Å². The summed E-state index contributed by atoms with van der Waals surface area (Å²) >= 11 is 0. The number of amides is 1. The van der Waals surface area contributed by atoms with E-state index in [9.17, 15) is 18.7 Å². The van der Waals surface area contributed by atoms with Gasteiger partial charge in [0.25, 0.3) is 0 Å². The number of aromatic nitrogens is 2. The van der Waals surface area contributed by atoms with Crippen LogP contribution in [0.2, 0.25) is 0 Å². The highest BCUT2D eigenvalue weighted by Crippen LogP contribution is 2.38. The van der Waals surface area contributed by atoms with Gasteiger partial charge in [0, 0.05) is 31.8 Å². The number of rotatable bonds is 4. The molecule has 1 aliphatic carbocycles. The molecule has 1 saturated carbocycles. The molecule has 1 heterocycles. The van der Waals surface area contributed by atoms with Crippen molar-refractivity contribution in [3.63, 3.8) is 0 Å². The van der Waals surface area contributed by atoms with Crippen molar-refractivity contribution in [3.05, 3.63) is 18.5 Å². The van der Waals surface area contributed by atoms with Crippen molar-refractivity contribution in [3.8, 4) is 0 Å². The molecule has 0 spiro atoms. The molecule has 0 radical (unpaired) electrons. The van der Waals surface area contributed by atoms with Crippen molar-refractivity contribution in [2.75, 3.05) is 6.54 Å². The average Bonchev–Trinajstić information content (AvgIpc) is 2.93. The first-order chi connectivity index (χ1) is 9.31. The minimum Gasteiger partial charge on any atom is -0.388 e. The largest absolute Gasteiger partial charge is 0.388 e. The van der Waals surface area contributed by atoms with Gasteiger partial charge in [0.2, 0.25) is 11.8 Å². The standard InChI is InChI=1S/C13H19F2N3O2/c1-10(18-8-2-7-17-18)11(19)16-9-12(20)3-5-13(14,15)6-4-12/h2,7-8,10,20H,3-6,9H2,1H3,(H,16,19). The average molecular weight is 287 g/mol. The monoisotopic (exact) mass is 287 g/mol. The molecule has 0 bridgehead atoms. The maximum atomic E-state index is 13.1. The molecule has 112 valence electrons. The fourth-order valence-corrected chi connectivity index (χ4v) is 2.29. The lowest BCUT2D eigenvalue weighted by molar-refractivity contribution is -0.128. The number of halogens is 2. The SMILES string of the molecule is CC(C(=O)NCC1(O)CCC(F)(F)CC1)n1cccn1. The zero-order valence-electron chi connectivity index (χ0n) is 11.4. The number of nitrogens with zero attached hydrogens (tertiary/aromatic N) is 2. The van der Waals surface area contributed by atoms with E-state index in [1.165, 1.54) is 4.68 Å². The molecule has 5 nitrogen and oxygen atoms in total. The number of nitrogens with one attached hydrogen (secondary N) is 1. The van der Waals surface area contributed by atoms with Gasteiger partial charge < -0.3 is 10.4 Å². The topological polar surface area (TPSA) is 67.2 Å². The summed E-state index contributed by atoms with van der Waals surface area (Å²) in [4.78, 5) is 11.9. The highest BCUT2D eigenvalue weighted by molar-refractivity contribution is 5.79. The molecule has 2 N–H and O–H groups in total. The Labute approximate surface area is 116 Å². The minimum absolute atomic E-state index is 0.00354. The molecule has 1 aromatic rings. The Morgan fingerprint density at radius 1 is 1.45 bits per heavy atom. The second-order valence-electron chi connectivity index (χ2n) is 5.46. The summed E-state index contributed by atoms with van der Waals surface area (Å²) in [5, 5.41) is 16.8. The summed E-state index contributed by atoms with van der Waals surface area (Å²) in [6.07, 6.45) is 2.55. The molecular weight excluding hydrogens is 268 g/mol. The zero-order valence-corrected chi connectivity index (χ0v) is 11.4. The summed E-state index contributed by atoms with van der Waals surface area (Å²) < 4.78 is 27.6. The quantitative estimate of drug-likeness (QED) is 0.882. The van der Waals surface area contributed by atoms with Gasteiger partial charge in [-0.2, -0.15) is 5.10 Å². The fraction of sp³-hybridized carbons (Fsp3) is 0.692. The first kappa shape index (κ1) is 14.9. The van der Waals surface area contributed by atoms with Crippen LogP contribution in [0.4, 0.5) is 8.78 Å². The van der Waals surface area contributed by atoms with Crippen LogP contribution < -0.4 is 5.32 Å². The molecule has 1 unspecified atom stereocenters. The van der Waals surface area contributed by atoms with Gasteiger partial charge >= 0.3 is 0 Å². The van der Waals surface area contributed by atoms with Crippen molar-refractivity contribution < 1.29 is 18.7 Å². The maximum absolute atomic E-state index is 13.1. The van der Waals surface area contributed by atoms with Gasteiger partial charge in [-0.05, 0) is 25.8 Å². The summed E-state index contributed by atoms with van der Waals surface area (Å²) in [5.74, 6) is -2.99. The van der Waals surface area contributed by atoms with Crippen molar-refractivity contribution in [1.29, 1.82) is 0 Å². The molecule has 1 atom stereocenters. The molecule has 0 aromatic carbocycles. The van der Waals surface area contributed by atoms with Gasteiger partial charge in [-0.1, -0.05) is 0 Å². The number of hydrogen-bond acceptors (Lipinski definition) is 3. The van der Waals surface area contributed by atoms with Gasteiger partial charge in [-0.3, -0.25) is 9.48 Å². The number of hydrogen-bond donors (Lipinski definition) is 2. The van der Waals surface area contributed by atoms with E-state index in [1.807, 2.05) is 0 Å². The Morgan fingerprint density at radius 3 is 2.65 bits per heavy atom. The molecule has 0 saturated heterocycles. The summed E-state index contributed by atoms with van der Waals surface area (Å²) in [6.45, 7) is 1.68. The smallest absolute Gasteiger partial charge is 0.248 e. The van der Waals surface area contributed by atoms with Crippen LogP contribution in [0.1, 0.15) is 38.6 Å². The van der Waals surface area contributed by atoms with E-state index in [2.05, 4.69) is 10.4 Å². The van der Waals surface area contributed by atoms with E-state index >= 15 is 0 Å². The zero-order chi connectivity index (χ0) is 14.8. The first-order valence-electron chi connectivity index (χ1n) is 6.68. The Hall–Kier alpha value is -1.50. The van der Waals surface area contributed by atoms with Crippen LogP contribution >= 0.6 is 0 Å². The molecule has 1 fully saturated rings. The van der Waals surface area contributed by atoms with Crippen LogP contribution in [0.15, 0.2) is 18.5 Å². The summed E-state index contributed by atoms with van der Waals surface area (Å²) in [7, 11) is 0. The van der Waals surface area contributed by atoms with E-state index in [1.54, 1.807) is 25.4 Å². The maximum Gasteiger partial charge on any atom is 0.248 e. The highest BCUT2D eigenvalue weighted by Gasteiger charge is 2.42. The van der Waals surface area contributed by atoms with Crippen molar-refractivity contribution in [1.82, 2.24) is 15.1 Å². The van der Waals surface area contributed by atoms with Gasteiger partial charge in [0.1, 0.15) is 6.04 Å². The number of carbonyl (C=O) groups excluding carboxylic acids is 1. The molecule has 1 amide bonds. The van der Waals surface area contributed by atoms with Crippen LogP contribution in [0.25, 0.3) is 0 Å². The fourth-order valence-electron chi connectivity index (χ4n) is 2.29. The number of carbonyl (C=O) groups is 1. The van der Waals surface area contributed by atoms with Gasteiger partial charge in [0.05, 0.1) is 5.60 Å². The lowest BCUT2D eigenvalue weighted by Gasteiger charge is -2.36. The highest BCUT2D eigenvalue weighted by atomic mass is 19.3. The van der Waals surface area contributed by atoms with Crippen LogP contribution in [0.5, 0.6) is 0 Å². The van der Waals surface area contributed by atoms with E-state index < -0.39 is 17.6 Å². The van der Waals surface area contributed by atoms with Crippen LogP contribution in [0.3, 0.4) is 0 Å². The lowest BCUT2D eigenvalue weighted by atomic mass is 9.82. The van der Waals surface area contributed by atoms with Crippen molar-refractivity contribution >= 4 is 5.91 Å². The minimum atomic E-state index is -2.70. The van der Waals surface area contributed by atoms with Crippen LogP contribution in [-0.4, -0.2) is 38.9 Å². The summed E-state index contributed by atoms with van der Waals surface area (Å²) in [5.41, 5.74) is -1.23. The van der Waals surface area contributed by atoms with E-state index in [4.69, 9.17) is 0 Å². The number of aliphatic hydroxyl groups is 1. The molecule has 1 aromatic heterocycles. The van der Waals surface area contributed by atoms with Crippen molar-refractivity contribution in [2.24, 2.45) is 0 Å². The molecule has 7 heteroatoms. The molecular formula is C13H19F2N3O2. The van der Waals surface area contributed by atoms with Crippen LogP contribution in [-0.2, 0) is 4.79 Å². The predicted octanol–water partition coefficient (Wildman–Crippen LogP) is 1.50. The Balaban J connectivity index is 1.84.